The van der Waals surface area contributed by atoms with Crippen molar-refractivity contribution in [2.45, 2.75) is 13.0 Å². The molecule has 0 bridgehead atoms. The fourth-order valence-electron chi connectivity index (χ4n) is 2.64. The van der Waals surface area contributed by atoms with Crippen molar-refractivity contribution in [3.63, 3.8) is 0 Å². The molecule has 1 heterocycles. The number of aromatic amines is 1. The number of H-pyrrole nitrogens is 1. The van der Waals surface area contributed by atoms with E-state index in [0.717, 1.165) is 16.8 Å². The van der Waals surface area contributed by atoms with E-state index >= 15 is 0 Å². The zero-order chi connectivity index (χ0) is 18.4. The number of amides is 1. The Kier molecular flexibility index (Phi) is 5.25. The number of benzene rings is 2. The van der Waals surface area contributed by atoms with Gasteiger partial charge in [0, 0.05) is 11.1 Å². The highest BCUT2D eigenvalue weighted by Crippen LogP contribution is 2.23. The molecule has 0 fully saturated rings. The molecule has 0 saturated heterocycles. The molecule has 1 amide bonds. The standard InChI is InChI=1S/C21H18N4O/c1-15(16-8-4-2-5-9-16)24-21(26)18(13-22)12-19-14-23-25-20(19)17-10-6-3-7-11-17/h2-12,14-15H,1H3,(H,23,25)(H,24,26)/b18-12+/t15-/m1/s1. The first-order valence-electron chi connectivity index (χ1n) is 8.25. The van der Waals surface area contributed by atoms with Crippen molar-refractivity contribution in [1.82, 2.24) is 15.5 Å². The first kappa shape index (κ1) is 17.2. The van der Waals surface area contributed by atoms with Crippen LogP contribution in [-0.2, 0) is 4.79 Å². The normalized spacial score (nSPS) is 12.2. The Morgan fingerprint density at radius 3 is 2.46 bits per heavy atom. The number of aromatic nitrogens is 2. The third-order valence-corrected chi connectivity index (χ3v) is 4.04. The van der Waals surface area contributed by atoms with Gasteiger partial charge in [0.1, 0.15) is 11.6 Å². The maximum atomic E-state index is 12.5. The number of carbonyl (C=O) groups is 1. The molecule has 5 nitrogen and oxygen atoms in total. The molecular formula is C21H18N4O. The van der Waals surface area contributed by atoms with Crippen LogP contribution >= 0.6 is 0 Å². The lowest BCUT2D eigenvalue weighted by atomic mass is 10.1. The monoisotopic (exact) mass is 342 g/mol. The summed E-state index contributed by atoms with van der Waals surface area (Å²) in [5.74, 6) is -0.413. The molecule has 0 unspecified atom stereocenters. The fraction of sp³-hybridized carbons (Fsp3) is 0.0952. The largest absolute Gasteiger partial charge is 0.345 e. The molecule has 3 rings (SSSR count). The number of nitrogens with zero attached hydrogens (tertiary/aromatic N) is 2. The van der Waals surface area contributed by atoms with Crippen LogP contribution in [0.5, 0.6) is 0 Å². The molecule has 0 aliphatic heterocycles. The van der Waals surface area contributed by atoms with Gasteiger partial charge in [-0.2, -0.15) is 10.4 Å². The molecule has 128 valence electrons. The van der Waals surface area contributed by atoms with Gasteiger partial charge in [-0.3, -0.25) is 9.89 Å². The maximum absolute atomic E-state index is 12.5. The number of nitrogens with one attached hydrogen (secondary N) is 2. The molecule has 2 aromatic carbocycles. The number of hydrogen-bond acceptors (Lipinski definition) is 3. The van der Waals surface area contributed by atoms with E-state index in [0.29, 0.717) is 5.56 Å². The van der Waals surface area contributed by atoms with Crippen LogP contribution in [-0.4, -0.2) is 16.1 Å². The lowest BCUT2D eigenvalue weighted by Crippen LogP contribution is -2.27. The van der Waals surface area contributed by atoms with E-state index in [-0.39, 0.29) is 11.6 Å². The predicted molar refractivity (Wildman–Crippen MR) is 101 cm³/mol. The van der Waals surface area contributed by atoms with Crippen LogP contribution in [0.1, 0.15) is 24.1 Å². The highest BCUT2D eigenvalue weighted by Gasteiger charge is 2.15. The summed E-state index contributed by atoms with van der Waals surface area (Å²) in [7, 11) is 0. The molecule has 26 heavy (non-hydrogen) atoms. The first-order valence-corrected chi connectivity index (χ1v) is 8.25. The van der Waals surface area contributed by atoms with Crippen molar-refractivity contribution in [3.05, 3.63) is 83.6 Å². The van der Waals surface area contributed by atoms with Gasteiger partial charge in [-0.05, 0) is 18.6 Å². The third-order valence-electron chi connectivity index (χ3n) is 4.04. The van der Waals surface area contributed by atoms with Crippen molar-refractivity contribution >= 4 is 12.0 Å². The van der Waals surface area contributed by atoms with E-state index in [1.165, 1.54) is 0 Å². The Morgan fingerprint density at radius 1 is 1.15 bits per heavy atom. The third kappa shape index (κ3) is 3.87. The van der Waals surface area contributed by atoms with Crippen molar-refractivity contribution in [2.75, 3.05) is 0 Å². The van der Waals surface area contributed by atoms with Gasteiger partial charge in [0.25, 0.3) is 5.91 Å². The topological polar surface area (TPSA) is 81.6 Å². The molecule has 0 aliphatic carbocycles. The molecule has 1 aromatic heterocycles. The predicted octanol–water partition coefficient (Wildman–Crippen LogP) is 3.86. The Hall–Kier alpha value is -3.65. The zero-order valence-electron chi connectivity index (χ0n) is 14.3. The molecule has 0 saturated carbocycles. The lowest BCUT2D eigenvalue weighted by Gasteiger charge is -2.13. The molecule has 0 spiro atoms. The number of carbonyl (C=O) groups excluding carboxylic acids is 1. The van der Waals surface area contributed by atoms with Crippen LogP contribution in [0.4, 0.5) is 0 Å². The lowest BCUT2D eigenvalue weighted by molar-refractivity contribution is -0.117. The quantitative estimate of drug-likeness (QED) is 0.545. The minimum atomic E-state index is -0.413. The summed E-state index contributed by atoms with van der Waals surface area (Å²) >= 11 is 0. The van der Waals surface area contributed by atoms with Gasteiger partial charge >= 0.3 is 0 Å². The van der Waals surface area contributed by atoms with Crippen molar-refractivity contribution in [2.24, 2.45) is 0 Å². The van der Waals surface area contributed by atoms with Crippen LogP contribution in [0, 0.1) is 11.3 Å². The van der Waals surface area contributed by atoms with Crippen LogP contribution in [0.25, 0.3) is 17.3 Å². The van der Waals surface area contributed by atoms with Crippen molar-refractivity contribution in [3.8, 4) is 17.3 Å². The summed E-state index contributed by atoms with van der Waals surface area (Å²) in [6, 6.07) is 21.0. The average molecular weight is 342 g/mol. The second-order valence-electron chi connectivity index (χ2n) is 5.84. The summed E-state index contributed by atoms with van der Waals surface area (Å²) in [6.45, 7) is 1.88. The van der Waals surface area contributed by atoms with Gasteiger partial charge in [-0.1, -0.05) is 60.7 Å². The molecule has 0 aliphatic rings. The zero-order valence-corrected chi connectivity index (χ0v) is 14.3. The van der Waals surface area contributed by atoms with E-state index in [2.05, 4.69) is 15.5 Å². The highest BCUT2D eigenvalue weighted by atomic mass is 16.1. The highest BCUT2D eigenvalue weighted by molar-refractivity contribution is 6.02. The molecular weight excluding hydrogens is 324 g/mol. The Balaban J connectivity index is 1.82. The van der Waals surface area contributed by atoms with E-state index in [4.69, 9.17) is 0 Å². The second-order valence-corrected chi connectivity index (χ2v) is 5.84. The van der Waals surface area contributed by atoms with Gasteiger partial charge in [-0.25, -0.2) is 0 Å². The summed E-state index contributed by atoms with van der Waals surface area (Å²) in [5, 5.41) is 19.3. The van der Waals surface area contributed by atoms with E-state index in [9.17, 15) is 10.1 Å². The van der Waals surface area contributed by atoms with Crippen molar-refractivity contribution in [1.29, 1.82) is 5.26 Å². The van der Waals surface area contributed by atoms with Crippen LogP contribution in [0.2, 0.25) is 0 Å². The Morgan fingerprint density at radius 2 is 1.81 bits per heavy atom. The SMILES string of the molecule is C[C@@H](NC(=O)/C(C#N)=C/c1cn[nH]c1-c1ccccc1)c1ccccc1. The second kappa shape index (κ2) is 7.95. The van der Waals surface area contributed by atoms with E-state index < -0.39 is 5.91 Å². The van der Waals surface area contributed by atoms with Crippen LogP contribution in [0.15, 0.2) is 72.4 Å². The molecule has 2 N–H and O–H groups in total. The van der Waals surface area contributed by atoms with Gasteiger partial charge in [0.15, 0.2) is 0 Å². The van der Waals surface area contributed by atoms with E-state index in [1.807, 2.05) is 73.7 Å². The summed E-state index contributed by atoms with van der Waals surface area (Å²) in [5.41, 5.74) is 3.40. The Labute approximate surface area is 152 Å². The average Bonchev–Trinajstić information content (AvgIpc) is 3.15. The molecule has 5 heteroatoms. The van der Waals surface area contributed by atoms with Crippen molar-refractivity contribution < 1.29 is 4.79 Å². The number of nitriles is 1. The molecule has 0 radical (unpaired) electrons. The molecule has 3 aromatic rings. The fourth-order valence-corrected chi connectivity index (χ4v) is 2.64. The first-order chi connectivity index (χ1) is 12.7. The van der Waals surface area contributed by atoms with Gasteiger partial charge in [0.2, 0.25) is 0 Å². The van der Waals surface area contributed by atoms with Gasteiger partial charge < -0.3 is 5.32 Å². The molecule has 1 atom stereocenters. The maximum Gasteiger partial charge on any atom is 0.262 e. The smallest absolute Gasteiger partial charge is 0.262 e. The number of rotatable bonds is 5. The summed E-state index contributed by atoms with van der Waals surface area (Å²) in [6.07, 6.45) is 3.16. The minimum Gasteiger partial charge on any atom is -0.345 e. The van der Waals surface area contributed by atoms with Crippen LogP contribution in [0.3, 0.4) is 0 Å². The summed E-state index contributed by atoms with van der Waals surface area (Å²) in [4.78, 5) is 12.5. The van der Waals surface area contributed by atoms with Gasteiger partial charge in [-0.15, -0.1) is 0 Å². The summed E-state index contributed by atoms with van der Waals surface area (Å²) < 4.78 is 0. The van der Waals surface area contributed by atoms with Crippen LogP contribution < -0.4 is 5.32 Å². The minimum absolute atomic E-state index is 0.0337. The van der Waals surface area contributed by atoms with E-state index in [1.54, 1.807) is 12.3 Å². The van der Waals surface area contributed by atoms with Gasteiger partial charge in [0.05, 0.1) is 17.9 Å². The number of hydrogen-bond donors (Lipinski definition) is 2. The Bertz CT molecular complexity index is 952.